The molecule has 5 nitrogen and oxygen atoms in total. The maximum atomic E-state index is 14.2. The molecule has 1 aliphatic rings. The number of hydrogen-bond acceptors (Lipinski definition) is 4. The minimum atomic E-state index is -1.14. The Labute approximate surface area is 153 Å². The van der Waals surface area contributed by atoms with Gasteiger partial charge in [0.15, 0.2) is 6.17 Å². The van der Waals surface area contributed by atoms with E-state index in [0.29, 0.717) is 14.4 Å². The fourth-order valence-electron chi connectivity index (χ4n) is 2.55. The zero-order chi connectivity index (χ0) is 18.3. The van der Waals surface area contributed by atoms with E-state index in [1.54, 1.807) is 11.4 Å². The van der Waals surface area contributed by atoms with Crippen LogP contribution in [0.4, 0.5) is 8.78 Å². The second-order valence-electron chi connectivity index (χ2n) is 5.28. The highest BCUT2D eigenvalue weighted by Gasteiger charge is 2.43. The van der Waals surface area contributed by atoms with E-state index in [1.165, 1.54) is 17.4 Å². The molecule has 130 valence electrons. The molecule has 25 heavy (non-hydrogen) atoms. The average Bonchev–Trinajstić information content (AvgIpc) is 3.10. The number of halogens is 3. The third kappa shape index (κ3) is 3.10. The van der Waals surface area contributed by atoms with Crippen molar-refractivity contribution in [3.05, 3.63) is 62.3 Å². The summed E-state index contributed by atoms with van der Waals surface area (Å²) in [5.74, 6) is -3.89. The molecule has 0 spiro atoms. The highest BCUT2D eigenvalue weighted by atomic mass is 79.9. The fourth-order valence-corrected chi connectivity index (χ4v) is 4.09. The van der Waals surface area contributed by atoms with E-state index in [2.05, 4.69) is 22.5 Å². The van der Waals surface area contributed by atoms with Gasteiger partial charge in [-0.15, -0.1) is 11.3 Å². The molecule has 1 saturated heterocycles. The Kier molecular flexibility index (Phi) is 4.72. The molecule has 2 heterocycles. The summed E-state index contributed by atoms with van der Waals surface area (Å²) in [5.41, 5.74) is -0.596. The number of rotatable bonds is 3. The van der Waals surface area contributed by atoms with Gasteiger partial charge in [0.1, 0.15) is 23.7 Å². The van der Waals surface area contributed by atoms with E-state index in [9.17, 15) is 23.6 Å². The predicted octanol–water partition coefficient (Wildman–Crippen LogP) is 3.80. The molecule has 0 aliphatic carbocycles. The van der Waals surface area contributed by atoms with Crippen molar-refractivity contribution in [3.8, 4) is 0 Å². The Morgan fingerprint density at radius 1 is 1.36 bits per heavy atom. The summed E-state index contributed by atoms with van der Waals surface area (Å²) in [6.07, 6.45) is 0.107. The monoisotopic (exact) mass is 428 g/mol. The van der Waals surface area contributed by atoms with Crippen molar-refractivity contribution in [2.45, 2.75) is 6.17 Å². The Morgan fingerprint density at radius 2 is 2.00 bits per heavy atom. The van der Waals surface area contributed by atoms with Crippen LogP contribution in [-0.4, -0.2) is 33.5 Å². The summed E-state index contributed by atoms with van der Waals surface area (Å²) in [5, 5.41) is 12.1. The van der Waals surface area contributed by atoms with Crippen LogP contribution in [-0.2, 0) is 4.79 Å². The number of amides is 2. The number of benzene rings is 1. The van der Waals surface area contributed by atoms with Gasteiger partial charge in [-0.3, -0.25) is 14.8 Å². The zero-order valence-electron chi connectivity index (χ0n) is 12.6. The summed E-state index contributed by atoms with van der Waals surface area (Å²) < 4.78 is 29.2. The largest absolute Gasteiger partial charge is 0.302 e. The Hall–Kier alpha value is -2.10. The molecular weight excluding hydrogens is 418 g/mol. The number of carbonyl (C=O) groups excluding carboxylic acids is 2. The van der Waals surface area contributed by atoms with Crippen LogP contribution in [0.15, 0.2) is 34.6 Å². The van der Waals surface area contributed by atoms with Gasteiger partial charge in [-0.1, -0.05) is 12.7 Å². The van der Waals surface area contributed by atoms with Crippen LogP contribution in [0.1, 0.15) is 27.0 Å². The van der Waals surface area contributed by atoms with Crippen molar-refractivity contribution in [2.75, 3.05) is 6.54 Å². The van der Waals surface area contributed by atoms with E-state index in [0.717, 1.165) is 17.0 Å². The van der Waals surface area contributed by atoms with Crippen LogP contribution in [0.5, 0.6) is 0 Å². The van der Waals surface area contributed by atoms with Crippen molar-refractivity contribution in [1.82, 2.24) is 9.96 Å². The molecule has 1 aliphatic heterocycles. The van der Waals surface area contributed by atoms with Crippen LogP contribution in [0, 0.1) is 11.6 Å². The molecule has 2 aromatic rings. The van der Waals surface area contributed by atoms with Gasteiger partial charge in [0.05, 0.1) is 4.88 Å². The molecule has 0 bridgehead atoms. The summed E-state index contributed by atoms with van der Waals surface area (Å²) in [7, 11) is 0. The van der Waals surface area contributed by atoms with Gasteiger partial charge in [0, 0.05) is 9.85 Å². The third-order valence-electron chi connectivity index (χ3n) is 3.71. The van der Waals surface area contributed by atoms with Gasteiger partial charge in [0.25, 0.3) is 11.8 Å². The third-order valence-corrected chi connectivity index (χ3v) is 5.44. The summed E-state index contributed by atoms with van der Waals surface area (Å²) >= 11 is 4.44. The molecule has 1 fully saturated rings. The quantitative estimate of drug-likeness (QED) is 0.756. The van der Waals surface area contributed by atoms with Gasteiger partial charge in [-0.05, 0) is 39.7 Å². The van der Waals surface area contributed by atoms with Gasteiger partial charge in [-0.25, -0.2) is 8.78 Å². The molecule has 0 radical (unpaired) electrons. The lowest BCUT2D eigenvalue weighted by atomic mass is 10.1. The molecular formula is C16H11BrF2N2O3S. The van der Waals surface area contributed by atoms with Crippen LogP contribution in [0.3, 0.4) is 0 Å². The second-order valence-corrected chi connectivity index (χ2v) is 7.13. The van der Waals surface area contributed by atoms with Gasteiger partial charge >= 0.3 is 0 Å². The normalized spacial score (nSPS) is 17.3. The maximum absolute atomic E-state index is 14.2. The summed E-state index contributed by atoms with van der Waals surface area (Å²) in [4.78, 5) is 25.9. The lowest BCUT2D eigenvalue weighted by Gasteiger charge is -2.25. The van der Waals surface area contributed by atoms with Crippen LogP contribution in [0.25, 0.3) is 6.08 Å². The van der Waals surface area contributed by atoms with Crippen LogP contribution in [0.2, 0.25) is 0 Å². The molecule has 1 aromatic carbocycles. The first kappa shape index (κ1) is 17.7. The first-order valence-corrected chi connectivity index (χ1v) is 8.68. The van der Waals surface area contributed by atoms with Gasteiger partial charge in [-0.2, -0.15) is 5.06 Å². The maximum Gasteiger partial charge on any atom is 0.268 e. The molecule has 9 heteroatoms. The van der Waals surface area contributed by atoms with E-state index in [4.69, 9.17) is 0 Å². The molecule has 1 N–H and O–H groups in total. The van der Waals surface area contributed by atoms with E-state index < -0.39 is 41.7 Å². The predicted molar refractivity (Wildman–Crippen MR) is 90.9 cm³/mol. The molecule has 0 saturated carbocycles. The number of thiophene rings is 1. The van der Waals surface area contributed by atoms with Crippen molar-refractivity contribution < 1.29 is 23.6 Å². The lowest BCUT2D eigenvalue weighted by Crippen LogP contribution is -2.35. The average molecular weight is 429 g/mol. The summed E-state index contributed by atoms with van der Waals surface area (Å²) in [6.45, 7) is 2.93. The number of hydroxylamine groups is 2. The topological polar surface area (TPSA) is 60.9 Å². The number of carbonyl (C=O) groups is 2. The minimum Gasteiger partial charge on any atom is -0.302 e. The molecule has 1 atom stereocenters. The van der Waals surface area contributed by atoms with Crippen molar-refractivity contribution in [1.29, 1.82) is 0 Å². The Balaban J connectivity index is 2.03. The molecule has 2 amide bonds. The Bertz CT molecular complexity index is 863. The number of hydrogen-bond donors (Lipinski definition) is 1. The zero-order valence-corrected chi connectivity index (χ0v) is 15.0. The standard InChI is InChI=1S/C16H11BrF2N2O3S/c1-2-8-3-10(18)14(11(19)4-8)16(23)20-6-13(22)21(24)15(20)12-5-9(17)7-25-12/h2-5,7,15,24H,1,6H2. The lowest BCUT2D eigenvalue weighted by molar-refractivity contribution is -0.168. The SMILES string of the molecule is C=Cc1cc(F)c(C(=O)N2CC(=O)N(O)C2c2cc(Br)cs2)c(F)c1. The van der Waals surface area contributed by atoms with Gasteiger partial charge < -0.3 is 4.90 Å². The Morgan fingerprint density at radius 3 is 2.52 bits per heavy atom. The smallest absolute Gasteiger partial charge is 0.268 e. The van der Waals surface area contributed by atoms with E-state index in [1.807, 2.05) is 0 Å². The van der Waals surface area contributed by atoms with Crippen molar-refractivity contribution >= 4 is 45.2 Å². The fraction of sp³-hybridized carbons (Fsp3) is 0.125. The van der Waals surface area contributed by atoms with Crippen molar-refractivity contribution in [3.63, 3.8) is 0 Å². The van der Waals surface area contributed by atoms with Crippen LogP contribution < -0.4 is 0 Å². The highest BCUT2D eigenvalue weighted by molar-refractivity contribution is 9.10. The van der Waals surface area contributed by atoms with Crippen LogP contribution >= 0.6 is 27.3 Å². The second kappa shape index (κ2) is 6.66. The molecule has 1 aromatic heterocycles. The molecule has 3 rings (SSSR count). The number of nitrogens with zero attached hydrogens (tertiary/aromatic N) is 2. The first-order valence-electron chi connectivity index (χ1n) is 7.00. The van der Waals surface area contributed by atoms with E-state index >= 15 is 0 Å². The van der Waals surface area contributed by atoms with Crippen molar-refractivity contribution in [2.24, 2.45) is 0 Å². The van der Waals surface area contributed by atoms with E-state index in [-0.39, 0.29) is 5.56 Å². The van der Waals surface area contributed by atoms with Gasteiger partial charge in [0.2, 0.25) is 0 Å². The first-order chi connectivity index (χ1) is 11.8. The minimum absolute atomic E-state index is 0.187. The summed E-state index contributed by atoms with van der Waals surface area (Å²) in [6, 6.07) is 3.58. The molecule has 1 unspecified atom stereocenters. The highest BCUT2D eigenvalue weighted by Crippen LogP contribution is 2.36.